The van der Waals surface area contributed by atoms with E-state index in [0.29, 0.717) is 0 Å². The van der Waals surface area contributed by atoms with E-state index in [0.717, 1.165) is 23.3 Å². The van der Waals surface area contributed by atoms with E-state index in [1.165, 1.54) is 22.3 Å². The number of fused-ring (bicyclic) bond motifs is 3. The summed E-state index contributed by atoms with van der Waals surface area (Å²) >= 11 is 0. The zero-order valence-electron chi connectivity index (χ0n) is 15.9. The van der Waals surface area contributed by atoms with Crippen molar-refractivity contribution in [2.75, 3.05) is 5.48 Å². The molecule has 0 fully saturated rings. The van der Waals surface area contributed by atoms with Gasteiger partial charge in [-0.25, -0.2) is 0 Å². The van der Waals surface area contributed by atoms with E-state index in [2.05, 4.69) is 47.9 Å². The summed E-state index contributed by atoms with van der Waals surface area (Å²) in [7, 11) is -0.571. The zero-order valence-corrected chi connectivity index (χ0v) is 15.9. The molecule has 0 unspecified atom stereocenters. The molecule has 0 aliphatic heterocycles. The summed E-state index contributed by atoms with van der Waals surface area (Å²) < 4.78 is 12.2. The summed E-state index contributed by atoms with van der Waals surface area (Å²) in [6.07, 6.45) is 0.896. The van der Waals surface area contributed by atoms with Gasteiger partial charge in [0.2, 0.25) is 0 Å². The molecule has 0 bridgehead atoms. The van der Waals surface area contributed by atoms with Crippen molar-refractivity contribution in [3.63, 3.8) is 0 Å². The van der Waals surface area contributed by atoms with Gasteiger partial charge < -0.3 is 4.65 Å². The van der Waals surface area contributed by atoms with Gasteiger partial charge in [-0.3, -0.25) is 10.2 Å². The first-order valence-electron chi connectivity index (χ1n) is 9.77. The quantitative estimate of drug-likeness (QED) is 0.331. The van der Waals surface area contributed by atoms with E-state index in [-0.39, 0.29) is 0 Å². The molecule has 0 saturated heterocycles. The summed E-state index contributed by atoms with van der Waals surface area (Å²) in [6.45, 7) is 0. The van der Waals surface area contributed by atoms with Crippen molar-refractivity contribution in [1.29, 1.82) is 0 Å². The lowest BCUT2D eigenvalue weighted by atomic mass is 9.79. The van der Waals surface area contributed by atoms with Crippen molar-refractivity contribution in [2.45, 2.75) is 6.42 Å². The molecule has 0 heterocycles. The van der Waals surface area contributed by atoms with Crippen molar-refractivity contribution < 1.29 is 9.41 Å². The number of hydrogen-bond donors (Lipinski definition) is 1. The smallest absolute Gasteiger partial charge is 0.531 e. The third-order valence-corrected chi connectivity index (χ3v) is 5.18. The molecule has 3 nitrogen and oxygen atoms in total. The van der Waals surface area contributed by atoms with Gasteiger partial charge in [0.05, 0.1) is 5.69 Å². The van der Waals surface area contributed by atoms with Gasteiger partial charge >= 0.3 is 7.12 Å². The van der Waals surface area contributed by atoms with Crippen LogP contribution < -0.4 is 15.6 Å². The summed E-state index contributed by atoms with van der Waals surface area (Å²) in [6, 6.07) is 34.5. The summed E-state index contributed by atoms with van der Waals surface area (Å²) in [5, 5.41) is 0. The van der Waals surface area contributed by atoms with Crippen molar-refractivity contribution in [3.8, 4) is 16.9 Å². The van der Waals surface area contributed by atoms with Crippen molar-refractivity contribution >= 4 is 18.3 Å². The van der Waals surface area contributed by atoms with Crippen LogP contribution in [0.3, 0.4) is 0 Å². The molecule has 4 aromatic carbocycles. The van der Waals surface area contributed by atoms with Gasteiger partial charge in [0, 0.05) is 6.42 Å². The second-order valence-electron chi connectivity index (χ2n) is 7.06. The Balaban J connectivity index is 1.40. The molecule has 0 saturated carbocycles. The molecule has 0 radical (unpaired) electrons. The molecule has 0 spiro atoms. The molecule has 29 heavy (non-hydrogen) atoms. The van der Waals surface area contributed by atoms with Gasteiger partial charge in [0.1, 0.15) is 5.75 Å². The van der Waals surface area contributed by atoms with E-state index in [4.69, 9.17) is 9.41 Å². The lowest BCUT2D eigenvalue weighted by Gasteiger charge is -2.18. The monoisotopic (exact) mass is 377 g/mol. The SMILES string of the molecule is c1ccc(OB(ONc2cccc3c2Cc2ccccc2-3)c2ccccc2)cc1. The Morgan fingerprint density at radius 1 is 0.655 bits per heavy atom. The molecule has 0 atom stereocenters. The molecule has 140 valence electrons. The Morgan fingerprint density at radius 2 is 1.34 bits per heavy atom. The van der Waals surface area contributed by atoms with Crippen LogP contribution >= 0.6 is 0 Å². The van der Waals surface area contributed by atoms with Gasteiger partial charge in [-0.1, -0.05) is 84.9 Å². The van der Waals surface area contributed by atoms with Crippen LogP contribution in [-0.2, 0) is 11.2 Å². The average Bonchev–Trinajstić information content (AvgIpc) is 3.17. The van der Waals surface area contributed by atoms with E-state index in [1.807, 2.05) is 60.7 Å². The minimum absolute atomic E-state index is 0.571. The highest BCUT2D eigenvalue weighted by Gasteiger charge is 2.26. The lowest BCUT2D eigenvalue weighted by Crippen LogP contribution is -2.41. The van der Waals surface area contributed by atoms with Gasteiger partial charge in [-0.15, -0.1) is 0 Å². The van der Waals surface area contributed by atoms with Crippen molar-refractivity contribution in [2.24, 2.45) is 0 Å². The van der Waals surface area contributed by atoms with Crippen LogP contribution in [0.1, 0.15) is 11.1 Å². The Hall–Kier alpha value is -3.50. The van der Waals surface area contributed by atoms with Gasteiger partial charge in [0.25, 0.3) is 0 Å². The summed E-state index contributed by atoms with van der Waals surface area (Å²) in [5.41, 5.74) is 10.2. The predicted molar refractivity (Wildman–Crippen MR) is 118 cm³/mol. The maximum Gasteiger partial charge on any atom is 0.585 e. The molecule has 5 rings (SSSR count). The molecular formula is C25H20BNO2. The third kappa shape index (κ3) is 3.63. The van der Waals surface area contributed by atoms with Crippen LogP contribution in [0.4, 0.5) is 5.69 Å². The molecule has 0 amide bonds. The van der Waals surface area contributed by atoms with Crippen LogP contribution in [0.2, 0.25) is 0 Å². The van der Waals surface area contributed by atoms with E-state index < -0.39 is 7.12 Å². The minimum atomic E-state index is -0.571. The van der Waals surface area contributed by atoms with Gasteiger partial charge in [-0.2, -0.15) is 0 Å². The molecular weight excluding hydrogens is 357 g/mol. The molecule has 0 aromatic heterocycles. The fourth-order valence-electron chi connectivity index (χ4n) is 3.76. The predicted octanol–water partition coefficient (Wildman–Crippen LogP) is 5.08. The maximum absolute atomic E-state index is 6.12. The minimum Gasteiger partial charge on any atom is -0.531 e. The Morgan fingerprint density at radius 3 is 2.17 bits per heavy atom. The van der Waals surface area contributed by atoms with Crippen LogP contribution in [0.25, 0.3) is 11.1 Å². The van der Waals surface area contributed by atoms with Crippen LogP contribution in [-0.4, -0.2) is 7.12 Å². The van der Waals surface area contributed by atoms with Gasteiger partial charge in [0.15, 0.2) is 0 Å². The number of para-hydroxylation sites is 1. The van der Waals surface area contributed by atoms with Crippen molar-refractivity contribution in [1.82, 2.24) is 0 Å². The highest BCUT2D eigenvalue weighted by atomic mass is 16.7. The second-order valence-corrected chi connectivity index (χ2v) is 7.06. The average molecular weight is 377 g/mol. The maximum atomic E-state index is 6.12. The number of hydrogen-bond acceptors (Lipinski definition) is 3. The molecule has 1 N–H and O–H groups in total. The molecule has 1 aliphatic rings. The van der Waals surface area contributed by atoms with E-state index in [1.54, 1.807) is 0 Å². The Bertz CT molecular complexity index is 1120. The summed E-state index contributed by atoms with van der Waals surface area (Å²) in [5.74, 6) is 0.758. The highest BCUT2D eigenvalue weighted by Crippen LogP contribution is 2.39. The molecule has 4 aromatic rings. The fourth-order valence-corrected chi connectivity index (χ4v) is 3.76. The molecule has 4 heteroatoms. The van der Waals surface area contributed by atoms with Gasteiger partial charge in [-0.05, 0) is 45.9 Å². The summed E-state index contributed by atoms with van der Waals surface area (Å²) in [4.78, 5) is 0. The number of anilines is 1. The highest BCUT2D eigenvalue weighted by molar-refractivity contribution is 6.62. The van der Waals surface area contributed by atoms with E-state index in [9.17, 15) is 0 Å². The van der Waals surface area contributed by atoms with Crippen LogP contribution in [0, 0.1) is 0 Å². The largest absolute Gasteiger partial charge is 0.585 e. The standard InChI is InChI=1S/C25H20BNO2/c1-3-11-20(12-4-1)26(28-21-13-5-2-6-14-21)29-27-25-17-9-16-23-22-15-8-7-10-19(22)18-24(23)25/h1-17,27H,18H2. The number of nitrogens with one attached hydrogen (secondary N) is 1. The first-order chi connectivity index (χ1) is 14.4. The van der Waals surface area contributed by atoms with Crippen LogP contribution in [0.5, 0.6) is 5.75 Å². The first kappa shape index (κ1) is 17.6. The van der Waals surface area contributed by atoms with Crippen molar-refractivity contribution in [3.05, 3.63) is 114 Å². The fraction of sp³-hybridized carbons (Fsp3) is 0.0400. The first-order valence-corrected chi connectivity index (χ1v) is 9.77. The Labute approximate surface area is 171 Å². The van der Waals surface area contributed by atoms with Crippen LogP contribution in [0.15, 0.2) is 103 Å². The topological polar surface area (TPSA) is 30.5 Å². The normalized spacial score (nSPS) is 11.4. The number of rotatable bonds is 6. The Kier molecular flexibility index (Phi) is 4.77. The van der Waals surface area contributed by atoms with E-state index >= 15 is 0 Å². The second kappa shape index (κ2) is 7.86. The zero-order chi connectivity index (χ0) is 19.5. The number of benzene rings is 4. The lowest BCUT2D eigenvalue weighted by molar-refractivity contribution is 0.342. The molecule has 1 aliphatic carbocycles. The third-order valence-electron chi connectivity index (χ3n) is 5.18.